The van der Waals surface area contributed by atoms with Gasteiger partial charge in [0.25, 0.3) is 0 Å². The lowest BCUT2D eigenvalue weighted by Gasteiger charge is -2.06. The molecule has 7 nitrogen and oxygen atoms in total. The summed E-state index contributed by atoms with van der Waals surface area (Å²) in [6.07, 6.45) is 2.49. The van der Waals surface area contributed by atoms with Gasteiger partial charge in [-0.25, -0.2) is 4.57 Å². The molecule has 0 radical (unpaired) electrons. The molecule has 0 aliphatic heterocycles. The zero-order valence-corrected chi connectivity index (χ0v) is 8.44. The van der Waals surface area contributed by atoms with Crippen molar-refractivity contribution in [2.24, 2.45) is 5.18 Å². The van der Waals surface area contributed by atoms with Gasteiger partial charge in [-0.2, -0.15) is 0 Å². The second-order valence-electron chi connectivity index (χ2n) is 3.21. The number of nitroso groups, excluding NO2 is 1. The average molecular weight is 233 g/mol. The molecule has 0 saturated carbocycles. The molecule has 0 bridgehead atoms. The maximum Gasteiger partial charge on any atom is 0.318 e. The van der Waals surface area contributed by atoms with E-state index >= 15 is 0 Å². The summed E-state index contributed by atoms with van der Waals surface area (Å²) in [5.41, 5.74) is 0.226. The van der Waals surface area contributed by atoms with E-state index in [9.17, 15) is 19.9 Å². The van der Waals surface area contributed by atoms with Crippen LogP contribution in [0.25, 0.3) is 5.69 Å². The minimum Gasteiger partial charge on any atom is -0.494 e. The summed E-state index contributed by atoms with van der Waals surface area (Å²) in [5.74, 6) is -1.40. The lowest BCUT2D eigenvalue weighted by molar-refractivity contribution is 0.100. The fourth-order valence-electron chi connectivity index (χ4n) is 1.40. The Labute approximate surface area is 94.9 Å². The van der Waals surface area contributed by atoms with E-state index in [1.165, 1.54) is 30.6 Å². The standard InChI is InChI=1S/C10H7N3O4/c14-8-1-2-9(15)13(8)7-3-6(4-11-5-7)10(16)12-17/h1-5,14-15H. The molecule has 0 aliphatic carbocycles. The molecule has 0 atom stereocenters. The molecule has 0 saturated heterocycles. The molecule has 17 heavy (non-hydrogen) atoms. The van der Waals surface area contributed by atoms with Crippen LogP contribution in [-0.4, -0.2) is 25.7 Å². The first kappa shape index (κ1) is 10.8. The first-order valence-corrected chi connectivity index (χ1v) is 4.56. The Morgan fingerprint density at radius 2 is 1.88 bits per heavy atom. The Morgan fingerprint density at radius 1 is 1.24 bits per heavy atom. The van der Waals surface area contributed by atoms with E-state index in [-0.39, 0.29) is 23.0 Å². The quantitative estimate of drug-likeness (QED) is 0.758. The summed E-state index contributed by atoms with van der Waals surface area (Å²) in [4.78, 5) is 24.9. The second-order valence-corrected chi connectivity index (χ2v) is 3.21. The van der Waals surface area contributed by atoms with Crippen molar-refractivity contribution in [3.63, 3.8) is 0 Å². The average Bonchev–Trinajstić information content (AvgIpc) is 2.68. The largest absolute Gasteiger partial charge is 0.494 e. The SMILES string of the molecule is O=NC(=O)c1cncc(-n2c(O)ccc2O)c1. The molecule has 2 aromatic rings. The minimum absolute atomic E-state index is 0.0231. The van der Waals surface area contributed by atoms with Gasteiger partial charge in [-0.3, -0.25) is 9.78 Å². The number of aromatic nitrogens is 2. The topological polar surface area (TPSA) is 105 Å². The van der Waals surface area contributed by atoms with Crippen LogP contribution in [0.1, 0.15) is 10.4 Å². The monoisotopic (exact) mass is 233 g/mol. The van der Waals surface area contributed by atoms with Crippen LogP contribution in [-0.2, 0) is 0 Å². The van der Waals surface area contributed by atoms with E-state index in [2.05, 4.69) is 10.2 Å². The van der Waals surface area contributed by atoms with Crippen molar-refractivity contribution in [2.45, 2.75) is 0 Å². The van der Waals surface area contributed by atoms with E-state index in [1.54, 1.807) is 0 Å². The molecule has 0 unspecified atom stereocenters. The molecule has 2 aromatic heterocycles. The van der Waals surface area contributed by atoms with Crippen molar-refractivity contribution in [3.05, 3.63) is 41.1 Å². The number of aromatic hydroxyl groups is 2. The van der Waals surface area contributed by atoms with Gasteiger partial charge >= 0.3 is 5.91 Å². The lowest BCUT2D eigenvalue weighted by atomic mass is 10.2. The Balaban J connectivity index is 2.54. The molecule has 0 spiro atoms. The highest BCUT2D eigenvalue weighted by molar-refractivity contribution is 5.94. The van der Waals surface area contributed by atoms with Crippen molar-refractivity contribution < 1.29 is 15.0 Å². The lowest BCUT2D eigenvalue weighted by Crippen LogP contribution is -1.99. The van der Waals surface area contributed by atoms with Crippen LogP contribution in [0.2, 0.25) is 0 Å². The maximum absolute atomic E-state index is 11.1. The number of carbonyl (C=O) groups is 1. The van der Waals surface area contributed by atoms with Crippen molar-refractivity contribution in [2.75, 3.05) is 0 Å². The third-order valence-corrected chi connectivity index (χ3v) is 2.15. The fraction of sp³-hybridized carbons (Fsp3) is 0. The molecule has 1 amide bonds. The highest BCUT2D eigenvalue weighted by Crippen LogP contribution is 2.26. The van der Waals surface area contributed by atoms with Gasteiger partial charge in [0.2, 0.25) is 0 Å². The van der Waals surface area contributed by atoms with Gasteiger partial charge in [0.15, 0.2) is 11.8 Å². The zero-order chi connectivity index (χ0) is 12.4. The number of pyridine rings is 1. The third kappa shape index (κ3) is 1.85. The van der Waals surface area contributed by atoms with Crippen molar-refractivity contribution in [3.8, 4) is 17.4 Å². The van der Waals surface area contributed by atoms with E-state index in [0.29, 0.717) is 0 Å². The first-order valence-electron chi connectivity index (χ1n) is 4.56. The maximum atomic E-state index is 11.1. The van der Waals surface area contributed by atoms with Crippen LogP contribution >= 0.6 is 0 Å². The molecule has 7 heteroatoms. The van der Waals surface area contributed by atoms with E-state index in [0.717, 1.165) is 4.57 Å². The van der Waals surface area contributed by atoms with Gasteiger partial charge in [0, 0.05) is 23.5 Å². The second kappa shape index (κ2) is 4.05. The fourth-order valence-corrected chi connectivity index (χ4v) is 1.40. The molecule has 2 N–H and O–H groups in total. The molecule has 0 fully saturated rings. The van der Waals surface area contributed by atoms with Gasteiger partial charge in [-0.1, -0.05) is 0 Å². The Hall–Kier alpha value is -2.70. The zero-order valence-electron chi connectivity index (χ0n) is 8.44. The predicted molar refractivity (Wildman–Crippen MR) is 57.0 cm³/mol. The van der Waals surface area contributed by atoms with E-state index < -0.39 is 5.91 Å². The molecule has 2 rings (SSSR count). The highest BCUT2D eigenvalue weighted by Gasteiger charge is 2.12. The van der Waals surface area contributed by atoms with Crippen LogP contribution in [0.5, 0.6) is 11.8 Å². The van der Waals surface area contributed by atoms with Crippen LogP contribution in [0.15, 0.2) is 35.8 Å². The first-order chi connectivity index (χ1) is 8.13. The molecule has 2 heterocycles. The number of amides is 1. The molecular formula is C10H7N3O4. The summed E-state index contributed by atoms with van der Waals surface area (Å²) in [6.45, 7) is 0. The van der Waals surface area contributed by atoms with Crippen molar-refractivity contribution >= 4 is 5.91 Å². The number of hydrogen-bond acceptors (Lipinski definition) is 5. The summed E-state index contributed by atoms with van der Waals surface area (Å²) in [6, 6.07) is 3.85. The summed E-state index contributed by atoms with van der Waals surface area (Å²) >= 11 is 0. The molecule has 0 aromatic carbocycles. The summed E-state index contributed by atoms with van der Waals surface area (Å²) in [7, 11) is 0. The van der Waals surface area contributed by atoms with E-state index in [1.807, 2.05) is 0 Å². The molecule has 0 aliphatic rings. The van der Waals surface area contributed by atoms with Crippen LogP contribution in [0, 0.1) is 4.91 Å². The predicted octanol–water partition coefficient (Wildman–Crippen LogP) is 1.19. The Bertz CT molecular complexity index is 571. The van der Waals surface area contributed by atoms with Crippen LogP contribution in [0.3, 0.4) is 0 Å². The normalized spacial score (nSPS) is 10.1. The van der Waals surface area contributed by atoms with Crippen LogP contribution < -0.4 is 0 Å². The smallest absolute Gasteiger partial charge is 0.318 e. The Morgan fingerprint density at radius 3 is 2.47 bits per heavy atom. The summed E-state index contributed by atoms with van der Waals surface area (Å²) < 4.78 is 1.06. The molecular weight excluding hydrogens is 226 g/mol. The number of carbonyl (C=O) groups excluding carboxylic acids is 1. The van der Waals surface area contributed by atoms with Gasteiger partial charge in [0.05, 0.1) is 17.4 Å². The highest BCUT2D eigenvalue weighted by atomic mass is 16.3. The number of nitrogens with zero attached hydrogens (tertiary/aromatic N) is 3. The Kier molecular flexibility index (Phi) is 2.57. The number of hydrogen-bond donors (Lipinski definition) is 2. The van der Waals surface area contributed by atoms with Gasteiger partial charge in [0.1, 0.15) is 0 Å². The van der Waals surface area contributed by atoms with Crippen LogP contribution in [0.4, 0.5) is 0 Å². The summed E-state index contributed by atoms with van der Waals surface area (Å²) in [5, 5.41) is 21.2. The van der Waals surface area contributed by atoms with Gasteiger partial charge in [-0.05, 0) is 6.07 Å². The number of rotatable bonds is 2. The van der Waals surface area contributed by atoms with Crippen molar-refractivity contribution in [1.29, 1.82) is 0 Å². The third-order valence-electron chi connectivity index (χ3n) is 2.15. The molecule has 86 valence electrons. The van der Waals surface area contributed by atoms with Crippen molar-refractivity contribution in [1.82, 2.24) is 9.55 Å². The van der Waals surface area contributed by atoms with Gasteiger partial charge < -0.3 is 10.2 Å². The van der Waals surface area contributed by atoms with E-state index in [4.69, 9.17) is 0 Å². The minimum atomic E-state index is -0.967. The van der Waals surface area contributed by atoms with Gasteiger partial charge in [-0.15, -0.1) is 4.91 Å².